The van der Waals surface area contributed by atoms with Crippen LogP contribution >= 0.6 is 0 Å². The van der Waals surface area contributed by atoms with Crippen molar-refractivity contribution in [2.24, 2.45) is 7.05 Å². The van der Waals surface area contributed by atoms with E-state index in [2.05, 4.69) is 20.4 Å². The van der Waals surface area contributed by atoms with Crippen LogP contribution in [0.2, 0.25) is 0 Å². The zero-order valence-corrected chi connectivity index (χ0v) is 12.0. The maximum Gasteiger partial charge on any atom is 0.276 e. The van der Waals surface area contributed by atoms with Gasteiger partial charge in [0.1, 0.15) is 11.3 Å². The molecule has 3 aromatic heterocycles. The van der Waals surface area contributed by atoms with E-state index in [0.717, 1.165) is 11.1 Å². The van der Waals surface area contributed by atoms with Crippen molar-refractivity contribution in [2.45, 2.75) is 13.1 Å². The number of anilines is 2. The van der Waals surface area contributed by atoms with Crippen LogP contribution in [0.25, 0.3) is 5.52 Å². The Morgan fingerprint density at radius 3 is 2.73 bits per heavy atom. The molecule has 114 valence electrons. The normalized spacial score (nSPS) is 11.1. The predicted molar refractivity (Wildman–Crippen MR) is 81.8 cm³/mol. The number of aryl methyl sites for hydroxylation is 1. The molecule has 0 saturated carbocycles. The number of aromatic nitrogens is 5. The molecular weight excluding hydrogens is 284 g/mol. The number of nitrogens with one attached hydrogen (secondary N) is 1. The quantitative estimate of drug-likeness (QED) is 0.579. The first-order chi connectivity index (χ1) is 10.6. The zero-order valence-electron chi connectivity index (χ0n) is 12.0. The first kappa shape index (κ1) is 14.0. The summed E-state index contributed by atoms with van der Waals surface area (Å²) in [5, 5.41) is 7.37. The van der Waals surface area contributed by atoms with E-state index < -0.39 is 0 Å². The number of nitrogens with zero attached hydrogens (tertiary/aromatic N) is 5. The van der Waals surface area contributed by atoms with Crippen LogP contribution in [0.3, 0.4) is 0 Å². The third-order valence-corrected chi connectivity index (χ3v) is 3.37. The van der Waals surface area contributed by atoms with Gasteiger partial charge in [0.15, 0.2) is 0 Å². The van der Waals surface area contributed by atoms with Gasteiger partial charge in [-0.2, -0.15) is 10.1 Å². The fraction of sp³-hybridized carbons (Fsp3) is 0.231. The fourth-order valence-corrected chi connectivity index (χ4v) is 2.18. The minimum Gasteiger partial charge on any atom is -0.383 e. The topological polar surface area (TPSA) is 129 Å². The highest BCUT2D eigenvalue weighted by atomic mass is 16.1. The lowest BCUT2D eigenvalue weighted by atomic mass is 10.2. The number of hydrogen-bond acceptors (Lipinski definition) is 7. The van der Waals surface area contributed by atoms with Gasteiger partial charge in [0, 0.05) is 49.9 Å². The third kappa shape index (κ3) is 2.49. The summed E-state index contributed by atoms with van der Waals surface area (Å²) in [6, 6.07) is 0. The van der Waals surface area contributed by atoms with Crippen LogP contribution in [0.4, 0.5) is 11.8 Å². The van der Waals surface area contributed by atoms with Crippen LogP contribution in [0.1, 0.15) is 11.1 Å². The largest absolute Gasteiger partial charge is 0.383 e. The minimum absolute atomic E-state index is 0.0906. The molecule has 9 nitrogen and oxygen atoms in total. The van der Waals surface area contributed by atoms with Gasteiger partial charge in [0.25, 0.3) is 5.56 Å². The monoisotopic (exact) mass is 300 g/mol. The van der Waals surface area contributed by atoms with Crippen LogP contribution in [0.15, 0.2) is 29.6 Å². The molecule has 0 amide bonds. The summed E-state index contributed by atoms with van der Waals surface area (Å²) in [5.41, 5.74) is 13.3. The average molecular weight is 300 g/mol. The van der Waals surface area contributed by atoms with E-state index >= 15 is 0 Å². The van der Waals surface area contributed by atoms with Gasteiger partial charge in [0.2, 0.25) is 5.95 Å². The van der Waals surface area contributed by atoms with Gasteiger partial charge in [-0.15, -0.1) is 0 Å². The molecule has 0 aliphatic heterocycles. The number of rotatable bonds is 4. The first-order valence-electron chi connectivity index (χ1n) is 6.65. The average Bonchev–Trinajstić information content (AvgIpc) is 2.89. The number of nitrogen functional groups attached to an aromatic ring is 2. The molecule has 0 fully saturated rings. The molecule has 0 unspecified atom stereocenters. The van der Waals surface area contributed by atoms with Crippen molar-refractivity contribution < 1.29 is 0 Å². The molecule has 9 heteroatoms. The fourth-order valence-electron chi connectivity index (χ4n) is 2.18. The lowest BCUT2D eigenvalue weighted by Crippen LogP contribution is -2.21. The number of fused-ring (bicyclic) bond motifs is 1. The van der Waals surface area contributed by atoms with Gasteiger partial charge in [0.05, 0.1) is 6.20 Å². The number of hydrogen-bond donors (Lipinski definition) is 3. The first-order valence-corrected chi connectivity index (χ1v) is 6.65. The highest BCUT2D eigenvalue weighted by molar-refractivity contribution is 5.51. The zero-order chi connectivity index (χ0) is 15.7. The Hall–Kier alpha value is -2.94. The summed E-state index contributed by atoms with van der Waals surface area (Å²) < 4.78 is 3.09. The molecule has 0 aliphatic carbocycles. The van der Waals surface area contributed by atoms with Crippen LogP contribution in [0.5, 0.6) is 0 Å². The Bertz CT molecular complexity index is 881. The molecule has 0 bridgehead atoms. The Kier molecular flexibility index (Phi) is 3.47. The molecule has 0 radical (unpaired) electrons. The molecule has 0 aliphatic rings. The van der Waals surface area contributed by atoms with Crippen molar-refractivity contribution in [3.8, 4) is 0 Å². The van der Waals surface area contributed by atoms with Gasteiger partial charge in [-0.1, -0.05) is 0 Å². The summed E-state index contributed by atoms with van der Waals surface area (Å²) >= 11 is 0. The van der Waals surface area contributed by atoms with E-state index in [1.54, 1.807) is 36.4 Å². The Labute approximate surface area is 125 Å². The summed E-state index contributed by atoms with van der Waals surface area (Å²) in [4.78, 5) is 20.0. The Morgan fingerprint density at radius 2 is 1.95 bits per heavy atom. The number of nitrogens with two attached hydrogens (primary N) is 2. The molecular formula is C13H16N8O. The van der Waals surface area contributed by atoms with E-state index in [9.17, 15) is 4.79 Å². The Morgan fingerprint density at radius 1 is 1.18 bits per heavy atom. The second-order valence-electron chi connectivity index (χ2n) is 4.92. The minimum atomic E-state index is -0.0906. The smallest absolute Gasteiger partial charge is 0.276 e. The van der Waals surface area contributed by atoms with Crippen molar-refractivity contribution in [2.75, 3.05) is 11.5 Å². The van der Waals surface area contributed by atoms with E-state index in [-0.39, 0.29) is 11.5 Å². The van der Waals surface area contributed by atoms with Crippen LogP contribution in [0, 0.1) is 0 Å². The molecule has 0 aromatic carbocycles. The molecule has 3 aromatic rings. The van der Waals surface area contributed by atoms with Gasteiger partial charge in [-0.25, -0.2) is 9.50 Å². The van der Waals surface area contributed by atoms with E-state index in [1.807, 2.05) is 0 Å². The Balaban J connectivity index is 1.77. The lowest BCUT2D eigenvalue weighted by molar-refractivity contribution is 0.692. The standard InChI is InChI=1S/C13H16N8O/c1-20-2-3-21-10(12(20)22)8(7-18-21)4-16-5-9-6-17-13(15)19-11(9)14/h2-3,6-7,16H,4-5H2,1H3,(H4,14,15,17,19). The van der Waals surface area contributed by atoms with Gasteiger partial charge in [-0.3, -0.25) is 4.79 Å². The maximum absolute atomic E-state index is 12.2. The second-order valence-corrected chi connectivity index (χ2v) is 4.92. The molecule has 3 heterocycles. The third-order valence-electron chi connectivity index (χ3n) is 3.37. The molecule has 5 N–H and O–H groups in total. The second kappa shape index (κ2) is 5.45. The van der Waals surface area contributed by atoms with Crippen molar-refractivity contribution in [1.82, 2.24) is 29.5 Å². The highest BCUT2D eigenvalue weighted by Crippen LogP contribution is 2.09. The molecule has 22 heavy (non-hydrogen) atoms. The summed E-state index contributed by atoms with van der Waals surface area (Å²) in [5.74, 6) is 0.489. The summed E-state index contributed by atoms with van der Waals surface area (Å²) in [6.07, 6.45) is 6.67. The lowest BCUT2D eigenvalue weighted by Gasteiger charge is -2.06. The van der Waals surface area contributed by atoms with E-state index in [4.69, 9.17) is 11.5 Å². The summed E-state index contributed by atoms with van der Waals surface area (Å²) in [6.45, 7) is 0.948. The van der Waals surface area contributed by atoms with E-state index in [1.165, 1.54) is 4.57 Å². The summed E-state index contributed by atoms with van der Waals surface area (Å²) in [7, 11) is 1.71. The molecule has 0 spiro atoms. The maximum atomic E-state index is 12.2. The molecule has 3 rings (SSSR count). The molecule has 0 saturated heterocycles. The highest BCUT2D eigenvalue weighted by Gasteiger charge is 2.09. The van der Waals surface area contributed by atoms with Gasteiger partial charge < -0.3 is 21.4 Å². The molecule has 0 atom stereocenters. The SMILES string of the molecule is Cn1ccn2ncc(CNCc3cnc(N)nc3N)c2c1=O. The van der Waals surface area contributed by atoms with Crippen LogP contribution in [-0.4, -0.2) is 24.1 Å². The van der Waals surface area contributed by atoms with Crippen molar-refractivity contribution in [1.29, 1.82) is 0 Å². The van der Waals surface area contributed by atoms with Crippen molar-refractivity contribution in [3.05, 3.63) is 46.3 Å². The van der Waals surface area contributed by atoms with Crippen molar-refractivity contribution >= 4 is 17.3 Å². The van der Waals surface area contributed by atoms with Crippen LogP contribution < -0.4 is 22.3 Å². The van der Waals surface area contributed by atoms with Gasteiger partial charge >= 0.3 is 0 Å². The van der Waals surface area contributed by atoms with Crippen LogP contribution in [-0.2, 0) is 20.1 Å². The van der Waals surface area contributed by atoms with E-state index in [0.29, 0.717) is 24.4 Å². The predicted octanol–water partition coefficient (Wildman–Crippen LogP) is -0.723. The van der Waals surface area contributed by atoms with Gasteiger partial charge in [-0.05, 0) is 0 Å². The van der Waals surface area contributed by atoms with Crippen molar-refractivity contribution in [3.63, 3.8) is 0 Å².